The van der Waals surface area contributed by atoms with Gasteiger partial charge in [0.25, 0.3) is 0 Å². The van der Waals surface area contributed by atoms with Gasteiger partial charge in [0, 0.05) is 6.42 Å². The summed E-state index contributed by atoms with van der Waals surface area (Å²) in [6.07, 6.45) is -0.780. The first-order chi connectivity index (χ1) is 4.95. The highest BCUT2D eigenvalue weighted by Crippen LogP contribution is 2.27. The summed E-state index contributed by atoms with van der Waals surface area (Å²) >= 11 is 2.12. The Kier molecular flexibility index (Phi) is 4.56. The zero-order valence-electron chi connectivity index (χ0n) is 6.07. The number of esters is 1. The Labute approximate surface area is 72.0 Å². The van der Waals surface area contributed by atoms with Crippen molar-refractivity contribution in [1.82, 2.24) is 0 Å². The molecule has 0 radical (unpaired) electrons. The van der Waals surface area contributed by atoms with Crippen molar-refractivity contribution in [1.29, 1.82) is 0 Å². The lowest BCUT2D eigenvalue weighted by molar-refractivity contribution is -0.144. The monoisotopic (exact) mass is 230 g/mol. The molecule has 0 aromatic heterocycles. The molecule has 0 bridgehead atoms. The molecule has 0 rings (SSSR count). The summed E-state index contributed by atoms with van der Waals surface area (Å²) in [6, 6.07) is 0. The Balaban J connectivity index is 3.46. The third-order valence-corrected chi connectivity index (χ3v) is 1.31. The summed E-state index contributed by atoms with van der Waals surface area (Å²) in [5, 5.41) is 0. The number of alkyl halides is 3. The van der Waals surface area contributed by atoms with Gasteiger partial charge in [0.15, 0.2) is 0 Å². The van der Waals surface area contributed by atoms with E-state index in [4.69, 9.17) is 0 Å². The zero-order chi connectivity index (χ0) is 8.91. The molecular weight excluding hydrogens is 222 g/mol. The number of hydrogen-bond acceptors (Lipinski definition) is 2. The van der Waals surface area contributed by atoms with E-state index in [2.05, 4.69) is 20.7 Å². The van der Waals surface area contributed by atoms with Crippen LogP contribution in [0.3, 0.4) is 0 Å². The zero-order valence-corrected chi connectivity index (χ0v) is 7.66. The minimum atomic E-state index is -2.96. The number of ether oxygens (including phenoxy) is 1. The van der Waals surface area contributed by atoms with Gasteiger partial charge in [0.2, 0.25) is 0 Å². The van der Waals surface area contributed by atoms with Crippen LogP contribution in [-0.2, 0) is 9.53 Å². The van der Waals surface area contributed by atoms with E-state index in [0.29, 0.717) is 0 Å². The van der Waals surface area contributed by atoms with E-state index in [1.54, 1.807) is 6.92 Å². The second kappa shape index (κ2) is 4.64. The summed E-state index contributed by atoms with van der Waals surface area (Å²) in [5.41, 5.74) is 0. The highest BCUT2D eigenvalue weighted by atomic mass is 79.9. The summed E-state index contributed by atoms with van der Waals surface area (Å²) in [6.45, 7) is 1.86. The number of carbonyl (C=O) groups excluding carboxylic acids is 1. The van der Waals surface area contributed by atoms with E-state index in [0.717, 1.165) is 0 Å². The first-order valence-electron chi connectivity index (χ1n) is 3.18. The van der Waals surface area contributed by atoms with Crippen molar-refractivity contribution in [2.45, 2.75) is 24.6 Å². The molecule has 0 aromatic rings. The van der Waals surface area contributed by atoms with Gasteiger partial charge in [-0.3, -0.25) is 4.79 Å². The first kappa shape index (κ1) is 10.8. The van der Waals surface area contributed by atoms with E-state index in [1.807, 2.05) is 0 Å². The molecule has 66 valence electrons. The fourth-order valence-corrected chi connectivity index (χ4v) is 0.675. The van der Waals surface area contributed by atoms with E-state index in [9.17, 15) is 13.6 Å². The summed E-state index contributed by atoms with van der Waals surface area (Å²) in [5.74, 6) is -0.591. The fourth-order valence-electron chi connectivity index (χ4n) is 0.477. The second-order valence-corrected chi connectivity index (χ2v) is 3.08. The van der Waals surface area contributed by atoms with Crippen LogP contribution >= 0.6 is 15.9 Å². The normalized spacial score (nSPS) is 11.3. The van der Waals surface area contributed by atoms with E-state index in [-0.39, 0.29) is 13.0 Å². The van der Waals surface area contributed by atoms with E-state index in [1.165, 1.54) is 0 Å². The highest BCUT2D eigenvalue weighted by molar-refractivity contribution is 9.09. The largest absolute Gasteiger partial charge is 0.466 e. The molecule has 0 N–H and O–H groups in total. The molecule has 0 aromatic carbocycles. The van der Waals surface area contributed by atoms with Gasteiger partial charge in [-0.05, 0) is 22.9 Å². The van der Waals surface area contributed by atoms with Gasteiger partial charge in [-0.1, -0.05) is 0 Å². The van der Waals surface area contributed by atoms with Crippen LogP contribution in [-0.4, -0.2) is 17.4 Å². The van der Waals surface area contributed by atoms with Gasteiger partial charge in [-0.2, -0.15) is 8.78 Å². The maximum absolute atomic E-state index is 12.0. The molecular formula is C6H9BrF2O2. The molecule has 11 heavy (non-hydrogen) atoms. The molecule has 0 amide bonds. The highest BCUT2D eigenvalue weighted by Gasteiger charge is 2.24. The van der Waals surface area contributed by atoms with E-state index >= 15 is 0 Å². The second-order valence-electron chi connectivity index (χ2n) is 1.92. The van der Waals surface area contributed by atoms with Crippen molar-refractivity contribution in [2.75, 3.05) is 6.61 Å². The van der Waals surface area contributed by atoms with E-state index < -0.39 is 17.2 Å². The van der Waals surface area contributed by atoms with Crippen LogP contribution in [0.4, 0.5) is 8.78 Å². The van der Waals surface area contributed by atoms with Crippen molar-refractivity contribution in [3.63, 3.8) is 0 Å². The summed E-state index contributed by atoms with van der Waals surface area (Å²) in [4.78, 5) is 7.55. The van der Waals surface area contributed by atoms with Crippen molar-refractivity contribution >= 4 is 21.9 Å². The molecule has 0 saturated carbocycles. The van der Waals surface area contributed by atoms with Crippen molar-refractivity contribution in [3.05, 3.63) is 0 Å². The van der Waals surface area contributed by atoms with Crippen molar-refractivity contribution in [2.24, 2.45) is 0 Å². The lowest BCUT2D eigenvalue weighted by Gasteiger charge is -2.06. The maximum atomic E-state index is 12.0. The standard InChI is InChI=1S/C6H9BrF2O2/c1-2-11-5(10)3-4-6(7,8)9/h2-4H2,1H3. The van der Waals surface area contributed by atoms with Gasteiger partial charge >= 0.3 is 10.8 Å². The molecule has 0 unspecified atom stereocenters. The number of rotatable bonds is 4. The Hall–Kier alpha value is -0.190. The minimum Gasteiger partial charge on any atom is -0.466 e. The minimum absolute atomic E-state index is 0.229. The molecule has 0 heterocycles. The molecule has 0 spiro atoms. The van der Waals surface area contributed by atoms with Gasteiger partial charge in [0.1, 0.15) is 0 Å². The fraction of sp³-hybridized carbons (Fsp3) is 0.833. The van der Waals surface area contributed by atoms with Gasteiger partial charge in [0.05, 0.1) is 13.0 Å². The van der Waals surface area contributed by atoms with Crippen molar-refractivity contribution < 1.29 is 18.3 Å². The quantitative estimate of drug-likeness (QED) is 0.548. The van der Waals surface area contributed by atoms with Gasteiger partial charge < -0.3 is 4.74 Å². The van der Waals surface area contributed by atoms with Gasteiger partial charge in [-0.25, -0.2) is 0 Å². The smallest absolute Gasteiger partial charge is 0.306 e. The van der Waals surface area contributed by atoms with Crippen LogP contribution in [0.5, 0.6) is 0 Å². The first-order valence-corrected chi connectivity index (χ1v) is 3.97. The van der Waals surface area contributed by atoms with Gasteiger partial charge in [-0.15, -0.1) is 0 Å². The molecule has 0 saturated heterocycles. The Morgan fingerprint density at radius 3 is 2.55 bits per heavy atom. The van der Waals surface area contributed by atoms with Crippen LogP contribution in [0.2, 0.25) is 0 Å². The maximum Gasteiger partial charge on any atom is 0.306 e. The Bertz CT molecular complexity index is 133. The summed E-state index contributed by atoms with van der Waals surface area (Å²) in [7, 11) is 0. The average molecular weight is 231 g/mol. The van der Waals surface area contributed by atoms with Crippen LogP contribution in [0.15, 0.2) is 0 Å². The molecule has 2 nitrogen and oxygen atoms in total. The third-order valence-electron chi connectivity index (χ3n) is 0.918. The third kappa shape index (κ3) is 7.71. The predicted octanol–water partition coefficient (Wildman–Crippen LogP) is 2.32. The number of carbonyl (C=O) groups is 1. The lowest BCUT2D eigenvalue weighted by atomic mass is 10.3. The van der Waals surface area contributed by atoms with Crippen LogP contribution in [0, 0.1) is 0 Å². The lowest BCUT2D eigenvalue weighted by Crippen LogP contribution is -2.11. The number of halogens is 3. The molecule has 0 aliphatic carbocycles. The molecule has 0 fully saturated rings. The number of hydrogen-bond donors (Lipinski definition) is 0. The SMILES string of the molecule is CCOC(=O)CCC(F)(F)Br. The van der Waals surface area contributed by atoms with Crippen LogP contribution < -0.4 is 0 Å². The van der Waals surface area contributed by atoms with Crippen LogP contribution in [0.1, 0.15) is 19.8 Å². The Morgan fingerprint density at radius 2 is 2.18 bits per heavy atom. The predicted molar refractivity (Wildman–Crippen MR) is 39.7 cm³/mol. The Morgan fingerprint density at radius 1 is 1.64 bits per heavy atom. The molecule has 0 aliphatic rings. The topological polar surface area (TPSA) is 26.3 Å². The van der Waals surface area contributed by atoms with Crippen LogP contribution in [0.25, 0.3) is 0 Å². The molecule has 5 heteroatoms. The summed E-state index contributed by atoms with van der Waals surface area (Å²) < 4.78 is 28.5. The average Bonchev–Trinajstić information content (AvgIpc) is 1.83. The molecule has 0 aliphatic heterocycles. The molecule has 0 atom stereocenters. The van der Waals surface area contributed by atoms with Crippen molar-refractivity contribution in [3.8, 4) is 0 Å².